The van der Waals surface area contributed by atoms with Gasteiger partial charge in [-0.25, -0.2) is 0 Å². The highest BCUT2D eigenvalue weighted by atomic mass is 79.9. The van der Waals surface area contributed by atoms with E-state index >= 15 is 0 Å². The molecule has 0 aromatic heterocycles. The highest BCUT2D eigenvalue weighted by molar-refractivity contribution is 9.10. The second kappa shape index (κ2) is 12.4. The maximum absolute atomic E-state index is 13.2. The van der Waals surface area contributed by atoms with Crippen molar-refractivity contribution in [1.82, 2.24) is 9.80 Å². The number of carboxylic acids is 1. The van der Waals surface area contributed by atoms with Gasteiger partial charge in [-0.05, 0) is 68.5 Å². The third kappa shape index (κ3) is 7.10. The van der Waals surface area contributed by atoms with E-state index in [-0.39, 0.29) is 12.3 Å². The summed E-state index contributed by atoms with van der Waals surface area (Å²) < 4.78 is 0.890. The Balaban J connectivity index is 1.64. The molecular weight excluding hydrogens is 544 g/mol. The zero-order valence-corrected chi connectivity index (χ0v) is 23.5. The lowest BCUT2D eigenvalue weighted by molar-refractivity contribution is -0.137. The van der Waals surface area contributed by atoms with Crippen LogP contribution in [0, 0.1) is 0 Å². The van der Waals surface area contributed by atoms with Gasteiger partial charge in [0.25, 0.3) is 5.91 Å². The van der Waals surface area contributed by atoms with Crippen LogP contribution in [0.2, 0.25) is 0 Å². The molecule has 3 aromatic carbocycles. The minimum atomic E-state index is -0.823. The number of benzene rings is 3. The van der Waals surface area contributed by atoms with Gasteiger partial charge in [0.2, 0.25) is 0 Å². The Morgan fingerprint density at radius 1 is 0.947 bits per heavy atom. The molecule has 0 unspecified atom stereocenters. The Kier molecular flexibility index (Phi) is 8.99. The van der Waals surface area contributed by atoms with Crippen LogP contribution in [0.1, 0.15) is 28.7 Å². The average molecular weight is 578 g/mol. The van der Waals surface area contributed by atoms with Crippen LogP contribution < -0.4 is 10.6 Å². The minimum Gasteiger partial charge on any atom is -0.481 e. The van der Waals surface area contributed by atoms with E-state index in [1.54, 1.807) is 0 Å². The summed E-state index contributed by atoms with van der Waals surface area (Å²) in [5.41, 5.74) is 6.72. The maximum Gasteiger partial charge on any atom is 0.303 e. The third-order valence-electron chi connectivity index (χ3n) is 6.45. The summed E-state index contributed by atoms with van der Waals surface area (Å²) in [6.07, 6.45) is 0.531. The van der Waals surface area contributed by atoms with Crippen molar-refractivity contribution < 1.29 is 14.7 Å². The molecule has 1 heterocycles. The van der Waals surface area contributed by atoms with Crippen LogP contribution in [0.15, 0.2) is 71.2 Å². The molecule has 38 heavy (non-hydrogen) atoms. The third-order valence-corrected chi connectivity index (χ3v) is 6.94. The van der Waals surface area contributed by atoms with E-state index in [0.29, 0.717) is 17.7 Å². The summed E-state index contributed by atoms with van der Waals surface area (Å²) in [4.78, 5) is 28.6. The lowest BCUT2D eigenvalue weighted by atomic mass is 9.98. The molecule has 1 aliphatic rings. The number of nitrogens with zero attached hydrogens (tertiary/aromatic N) is 2. The van der Waals surface area contributed by atoms with E-state index in [4.69, 9.17) is 5.11 Å². The van der Waals surface area contributed by atoms with Crippen LogP contribution in [0.5, 0.6) is 0 Å². The number of anilines is 2. The number of carbonyl (C=O) groups excluding carboxylic acids is 1. The number of aryl methyl sites for hydroxylation is 1. The van der Waals surface area contributed by atoms with Crippen LogP contribution in [-0.2, 0) is 22.6 Å². The van der Waals surface area contributed by atoms with Gasteiger partial charge in [0.05, 0.1) is 17.0 Å². The molecule has 0 radical (unpaired) electrons. The Bertz CT molecular complexity index is 1330. The molecule has 198 valence electrons. The van der Waals surface area contributed by atoms with Crippen molar-refractivity contribution in [3.8, 4) is 0 Å². The van der Waals surface area contributed by atoms with E-state index in [9.17, 15) is 9.59 Å². The molecule has 0 spiro atoms. The number of nitrogens with one attached hydrogen (secondary N) is 2. The lowest BCUT2D eigenvalue weighted by Crippen LogP contribution is -2.28. The second-order valence-electron chi connectivity index (χ2n) is 9.85. The molecule has 4 rings (SSSR count). The molecule has 0 saturated heterocycles. The number of amides is 1. The zero-order chi connectivity index (χ0) is 27.2. The summed E-state index contributed by atoms with van der Waals surface area (Å²) in [5, 5.41) is 15.5. The van der Waals surface area contributed by atoms with E-state index < -0.39 is 5.97 Å². The van der Waals surface area contributed by atoms with E-state index in [2.05, 4.69) is 69.6 Å². The number of likely N-dealkylation sites (N-methyl/N-ethyl adjacent to an activating group) is 2. The number of halogens is 1. The van der Waals surface area contributed by atoms with Crippen molar-refractivity contribution in [2.75, 3.05) is 44.9 Å². The van der Waals surface area contributed by atoms with Gasteiger partial charge in [-0.15, -0.1) is 0 Å². The summed E-state index contributed by atoms with van der Waals surface area (Å²) in [6, 6.07) is 21.7. The van der Waals surface area contributed by atoms with Crippen LogP contribution in [0.4, 0.5) is 11.4 Å². The Morgan fingerprint density at radius 2 is 1.63 bits per heavy atom. The molecule has 3 N–H and O–H groups in total. The SMILES string of the molecule is CN(C)CCN(C)Cc1ccc(NC(=C2C(=O)Nc3cc(Br)ccc32)c2ccc(CCC(=O)O)cc2)cc1. The highest BCUT2D eigenvalue weighted by Crippen LogP contribution is 2.39. The zero-order valence-electron chi connectivity index (χ0n) is 21.9. The summed E-state index contributed by atoms with van der Waals surface area (Å²) in [6.45, 7) is 2.84. The van der Waals surface area contributed by atoms with Crippen molar-refractivity contribution in [2.24, 2.45) is 0 Å². The molecule has 7 nitrogen and oxygen atoms in total. The molecule has 1 aliphatic heterocycles. The van der Waals surface area contributed by atoms with Gasteiger partial charge >= 0.3 is 5.97 Å². The summed E-state index contributed by atoms with van der Waals surface area (Å²) in [5.74, 6) is -0.994. The molecule has 0 bridgehead atoms. The molecule has 0 atom stereocenters. The Morgan fingerprint density at radius 3 is 2.29 bits per heavy atom. The van der Waals surface area contributed by atoms with Crippen molar-refractivity contribution in [2.45, 2.75) is 19.4 Å². The van der Waals surface area contributed by atoms with Gasteiger partial charge in [0.15, 0.2) is 0 Å². The van der Waals surface area contributed by atoms with Gasteiger partial charge in [0.1, 0.15) is 0 Å². The first-order chi connectivity index (χ1) is 18.2. The average Bonchev–Trinajstić information content (AvgIpc) is 3.20. The fourth-order valence-corrected chi connectivity index (χ4v) is 4.72. The Labute approximate surface area is 232 Å². The molecule has 0 aliphatic carbocycles. The predicted molar refractivity (Wildman–Crippen MR) is 157 cm³/mol. The number of rotatable bonds is 11. The topological polar surface area (TPSA) is 84.9 Å². The quantitative estimate of drug-likeness (QED) is 0.265. The highest BCUT2D eigenvalue weighted by Gasteiger charge is 2.28. The fourth-order valence-electron chi connectivity index (χ4n) is 4.36. The number of aliphatic carboxylic acids is 1. The molecule has 3 aromatic rings. The molecule has 0 saturated carbocycles. The van der Waals surface area contributed by atoms with Crippen molar-refractivity contribution in [3.05, 3.63) is 93.5 Å². The van der Waals surface area contributed by atoms with Gasteiger partial charge in [0, 0.05) is 41.8 Å². The van der Waals surface area contributed by atoms with Crippen LogP contribution in [0.25, 0.3) is 11.3 Å². The smallest absolute Gasteiger partial charge is 0.303 e. The van der Waals surface area contributed by atoms with E-state index in [1.807, 2.05) is 54.6 Å². The van der Waals surface area contributed by atoms with Gasteiger partial charge in [-0.3, -0.25) is 9.59 Å². The Hall–Kier alpha value is -3.46. The monoisotopic (exact) mass is 576 g/mol. The predicted octanol–water partition coefficient (Wildman–Crippen LogP) is 5.39. The first kappa shape index (κ1) is 27.6. The lowest BCUT2D eigenvalue weighted by Gasteiger charge is -2.20. The molecule has 8 heteroatoms. The first-order valence-corrected chi connectivity index (χ1v) is 13.3. The van der Waals surface area contributed by atoms with Crippen molar-refractivity contribution >= 4 is 50.5 Å². The standard InChI is InChI=1S/C30H33BrN4O3/c1-34(2)16-17-35(3)19-21-6-12-24(13-7-21)32-29(22-9-4-20(5-10-22)8-15-27(36)37)28-25-14-11-23(31)18-26(25)33-30(28)38/h4-7,9-14,18,32H,8,15-17,19H2,1-3H3,(H,33,38)(H,36,37). The summed E-state index contributed by atoms with van der Waals surface area (Å²) in [7, 11) is 6.27. The van der Waals surface area contributed by atoms with Crippen molar-refractivity contribution in [1.29, 1.82) is 0 Å². The van der Waals surface area contributed by atoms with Gasteiger partial charge < -0.3 is 25.5 Å². The van der Waals surface area contributed by atoms with Crippen molar-refractivity contribution in [3.63, 3.8) is 0 Å². The minimum absolute atomic E-state index is 0.0763. The number of hydrogen-bond acceptors (Lipinski definition) is 5. The normalized spacial score (nSPS) is 14.0. The van der Waals surface area contributed by atoms with E-state index in [1.165, 1.54) is 5.56 Å². The van der Waals surface area contributed by atoms with Crippen LogP contribution in [0.3, 0.4) is 0 Å². The molecule has 0 fully saturated rings. The van der Waals surface area contributed by atoms with Crippen LogP contribution >= 0.6 is 15.9 Å². The first-order valence-electron chi connectivity index (χ1n) is 12.6. The van der Waals surface area contributed by atoms with Gasteiger partial charge in [-0.2, -0.15) is 0 Å². The molecule has 1 amide bonds. The number of fused-ring (bicyclic) bond motifs is 1. The van der Waals surface area contributed by atoms with Gasteiger partial charge in [-0.1, -0.05) is 58.4 Å². The largest absolute Gasteiger partial charge is 0.481 e. The summed E-state index contributed by atoms with van der Waals surface area (Å²) >= 11 is 3.48. The maximum atomic E-state index is 13.2. The number of carbonyl (C=O) groups is 2. The molecular formula is C30H33BrN4O3. The second-order valence-corrected chi connectivity index (χ2v) is 10.8. The van der Waals surface area contributed by atoms with E-state index in [0.717, 1.165) is 52.2 Å². The number of hydrogen-bond donors (Lipinski definition) is 3. The number of carboxylic acid groups (broad SMARTS) is 1. The van der Waals surface area contributed by atoms with Crippen LogP contribution in [-0.4, -0.2) is 61.0 Å². The fraction of sp³-hybridized carbons (Fsp3) is 0.267.